The number of rotatable bonds is 3. The SMILES string of the molecule is CCCCn1[nH]c(=O)c(C(C)(C)C)c1C(C)(C)C. The Morgan fingerprint density at radius 1 is 1.06 bits per heavy atom. The van der Waals surface area contributed by atoms with Crippen molar-refractivity contribution in [2.24, 2.45) is 0 Å². The molecule has 3 nitrogen and oxygen atoms in total. The summed E-state index contributed by atoms with van der Waals surface area (Å²) in [6.07, 6.45) is 2.23. The van der Waals surface area contributed by atoms with Crippen LogP contribution in [0.3, 0.4) is 0 Å². The fourth-order valence-corrected chi connectivity index (χ4v) is 2.44. The zero-order valence-corrected chi connectivity index (χ0v) is 13.0. The van der Waals surface area contributed by atoms with E-state index >= 15 is 0 Å². The van der Waals surface area contributed by atoms with E-state index in [9.17, 15) is 4.79 Å². The number of aromatic nitrogens is 2. The van der Waals surface area contributed by atoms with Gasteiger partial charge in [0.15, 0.2) is 0 Å². The molecule has 0 spiro atoms. The van der Waals surface area contributed by atoms with Gasteiger partial charge in [0.25, 0.3) is 5.56 Å². The molecule has 1 N–H and O–H groups in total. The summed E-state index contributed by atoms with van der Waals surface area (Å²) in [5.41, 5.74) is 2.03. The Kier molecular flexibility index (Phi) is 4.14. The second kappa shape index (κ2) is 4.94. The molecule has 1 aromatic heterocycles. The molecule has 0 bridgehead atoms. The van der Waals surface area contributed by atoms with E-state index < -0.39 is 0 Å². The van der Waals surface area contributed by atoms with E-state index in [4.69, 9.17) is 0 Å². The molecule has 0 atom stereocenters. The smallest absolute Gasteiger partial charge is 0.268 e. The van der Waals surface area contributed by atoms with Gasteiger partial charge in [-0.25, -0.2) is 0 Å². The first-order valence-electron chi connectivity index (χ1n) is 6.92. The first-order chi connectivity index (χ1) is 8.09. The Morgan fingerprint density at radius 2 is 1.61 bits per heavy atom. The normalized spacial score (nSPS) is 13.1. The highest BCUT2D eigenvalue weighted by Crippen LogP contribution is 2.31. The summed E-state index contributed by atoms with van der Waals surface area (Å²) >= 11 is 0. The second-order valence-corrected chi connectivity index (χ2v) is 7.17. The zero-order chi connectivity index (χ0) is 14.1. The van der Waals surface area contributed by atoms with Crippen LogP contribution in [0.5, 0.6) is 0 Å². The van der Waals surface area contributed by atoms with E-state index in [-0.39, 0.29) is 16.4 Å². The van der Waals surface area contributed by atoms with Crippen LogP contribution in [0.1, 0.15) is 72.6 Å². The Morgan fingerprint density at radius 3 is 2.00 bits per heavy atom. The molecular formula is C15H28N2O. The standard InChI is InChI=1S/C15H28N2O/c1-8-9-10-17-12(15(5,6)7)11(13(18)16-17)14(2,3)4/h8-10H2,1-7H3,(H,16,18). The lowest BCUT2D eigenvalue weighted by molar-refractivity contribution is 0.456. The van der Waals surface area contributed by atoms with E-state index in [0.29, 0.717) is 0 Å². The molecule has 1 heterocycles. The molecule has 0 amide bonds. The zero-order valence-electron chi connectivity index (χ0n) is 13.0. The molecule has 1 aromatic rings. The van der Waals surface area contributed by atoms with Crippen molar-refractivity contribution in [3.63, 3.8) is 0 Å². The summed E-state index contributed by atoms with van der Waals surface area (Å²) in [5.74, 6) is 0. The minimum atomic E-state index is -0.117. The van der Waals surface area contributed by atoms with Gasteiger partial charge in [-0.05, 0) is 11.8 Å². The van der Waals surface area contributed by atoms with Crippen molar-refractivity contribution < 1.29 is 0 Å². The van der Waals surface area contributed by atoms with Crippen LogP contribution < -0.4 is 5.56 Å². The molecule has 0 aromatic carbocycles. The fraction of sp³-hybridized carbons (Fsp3) is 0.800. The second-order valence-electron chi connectivity index (χ2n) is 7.17. The van der Waals surface area contributed by atoms with Crippen LogP contribution in [0.25, 0.3) is 0 Å². The number of aromatic amines is 1. The average molecular weight is 252 g/mol. The Labute approximate surface area is 111 Å². The van der Waals surface area contributed by atoms with E-state index in [1.165, 1.54) is 0 Å². The highest BCUT2D eigenvalue weighted by atomic mass is 16.1. The van der Waals surface area contributed by atoms with Crippen LogP contribution >= 0.6 is 0 Å². The van der Waals surface area contributed by atoms with Crippen molar-refractivity contribution in [2.75, 3.05) is 0 Å². The first-order valence-corrected chi connectivity index (χ1v) is 6.92. The number of H-pyrrole nitrogens is 1. The lowest BCUT2D eigenvalue weighted by Gasteiger charge is -2.27. The predicted octanol–water partition coefficient (Wildman–Crippen LogP) is 3.57. The quantitative estimate of drug-likeness (QED) is 0.877. The van der Waals surface area contributed by atoms with Gasteiger partial charge < -0.3 is 0 Å². The van der Waals surface area contributed by atoms with Crippen LogP contribution in [0.2, 0.25) is 0 Å². The third-order valence-electron chi connectivity index (χ3n) is 3.17. The molecule has 0 saturated carbocycles. The minimum absolute atomic E-state index is 0.0183. The topological polar surface area (TPSA) is 37.8 Å². The van der Waals surface area contributed by atoms with Crippen LogP contribution in [0, 0.1) is 0 Å². The van der Waals surface area contributed by atoms with Gasteiger partial charge in [-0.1, -0.05) is 54.9 Å². The maximum Gasteiger partial charge on any atom is 0.268 e. The molecule has 0 fully saturated rings. The van der Waals surface area contributed by atoms with Crippen molar-refractivity contribution >= 4 is 0 Å². The lowest BCUT2D eigenvalue weighted by Crippen LogP contribution is -2.27. The third kappa shape index (κ3) is 3.06. The highest BCUT2D eigenvalue weighted by molar-refractivity contribution is 5.31. The summed E-state index contributed by atoms with van der Waals surface area (Å²) in [6.45, 7) is 15.9. The minimum Gasteiger partial charge on any atom is -0.288 e. The number of nitrogens with one attached hydrogen (secondary N) is 1. The molecule has 0 aliphatic rings. The van der Waals surface area contributed by atoms with Crippen LogP contribution in [0.15, 0.2) is 4.79 Å². The molecule has 18 heavy (non-hydrogen) atoms. The van der Waals surface area contributed by atoms with E-state index in [0.717, 1.165) is 30.6 Å². The van der Waals surface area contributed by atoms with Crippen LogP contribution in [-0.4, -0.2) is 9.78 Å². The molecule has 104 valence electrons. The Bertz CT molecular complexity index is 452. The Hall–Kier alpha value is -0.990. The maximum atomic E-state index is 12.2. The summed E-state index contributed by atoms with van der Waals surface area (Å²) in [4.78, 5) is 12.2. The van der Waals surface area contributed by atoms with Gasteiger partial charge in [0, 0.05) is 23.2 Å². The van der Waals surface area contributed by atoms with Gasteiger partial charge in [-0.3, -0.25) is 14.6 Å². The maximum absolute atomic E-state index is 12.2. The molecule has 0 aliphatic carbocycles. The molecule has 0 unspecified atom stereocenters. The molecular weight excluding hydrogens is 224 g/mol. The lowest BCUT2D eigenvalue weighted by atomic mass is 9.79. The van der Waals surface area contributed by atoms with E-state index in [1.54, 1.807) is 0 Å². The summed E-state index contributed by atoms with van der Waals surface area (Å²) in [7, 11) is 0. The number of aryl methyl sites for hydroxylation is 1. The molecule has 3 heteroatoms. The van der Waals surface area contributed by atoms with Crippen molar-refractivity contribution in [1.29, 1.82) is 0 Å². The summed E-state index contributed by atoms with van der Waals surface area (Å²) < 4.78 is 2.06. The van der Waals surface area contributed by atoms with Gasteiger partial charge in [-0.2, -0.15) is 0 Å². The molecule has 0 aliphatic heterocycles. The number of nitrogens with zero attached hydrogens (tertiary/aromatic N) is 1. The monoisotopic (exact) mass is 252 g/mol. The number of hydrogen-bond donors (Lipinski definition) is 1. The Balaban J connectivity index is 3.43. The third-order valence-corrected chi connectivity index (χ3v) is 3.17. The first kappa shape index (κ1) is 15.1. The predicted molar refractivity (Wildman–Crippen MR) is 77.4 cm³/mol. The fourth-order valence-electron chi connectivity index (χ4n) is 2.44. The average Bonchev–Trinajstić information content (AvgIpc) is 2.50. The van der Waals surface area contributed by atoms with Gasteiger partial charge >= 0.3 is 0 Å². The molecule has 0 radical (unpaired) electrons. The van der Waals surface area contributed by atoms with Crippen LogP contribution in [-0.2, 0) is 17.4 Å². The molecule has 1 rings (SSSR count). The molecule has 0 saturated heterocycles. The number of hydrogen-bond acceptors (Lipinski definition) is 1. The summed E-state index contributed by atoms with van der Waals surface area (Å²) in [6, 6.07) is 0. The summed E-state index contributed by atoms with van der Waals surface area (Å²) in [5, 5.41) is 3.02. The van der Waals surface area contributed by atoms with Crippen molar-refractivity contribution in [1.82, 2.24) is 9.78 Å². The largest absolute Gasteiger partial charge is 0.288 e. The van der Waals surface area contributed by atoms with Gasteiger partial charge in [0.1, 0.15) is 0 Å². The van der Waals surface area contributed by atoms with Crippen molar-refractivity contribution in [3.05, 3.63) is 21.6 Å². The van der Waals surface area contributed by atoms with Crippen molar-refractivity contribution in [2.45, 2.75) is 78.7 Å². The van der Waals surface area contributed by atoms with E-state index in [2.05, 4.69) is 58.2 Å². The van der Waals surface area contributed by atoms with E-state index in [1.807, 2.05) is 0 Å². The highest BCUT2D eigenvalue weighted by Gasteiger charge is 2.31. The number of unbranched alkanes of at least 4 members (excludes halogenated alkanes) is 1. The van der Waals surface area contributed by atoms with Gasteiger partial charge in [0.2, 0.25) is 0 Å². The van der Waals surface area contributed by atoms with Gasteiger partial charge in [-0.15, -0.1) is 0 Å². The van der Waals surface area contributed by atoms with Crippen molar-refractivity contribution in [3.8, 4) is 0 Å². The van der Waals surface area contributed by atoms with Crippen LogP contribution in [0.4, 0.5) is 0 Å². The van der Waals surface area contributed by atoms with Gasteiger partial charge in [0.05, 0.1) is 0 Å².